The number of aryl methyl sites for hydroxylation is 1. The summed E-state index contributed by atoms with van der Waals surface area (Å²) in [6, 6.07) is 69.1. The minimum atomic E-state index is 1.16. The van der Waals surface area contributed by atoms with Crippen molar-refractivity contribution in [2.75, 3.05) is 0 Å². The van der Waals surface area contributed by atoms with Gasteiger partial charge in [-0.3, -0.25) is 0 Å². The smallest absolute Gasteiger partial charge is 0.0620 e. The largest absolute Gasteiger partial charge is 0.309 e. The maximum atomic E-state index is 2.40. The molecule has 0 bridgehead atoms. The Hall–Kier alpha value is -7.16. The van der Waals surface area contributed by atoms with Crippen LogP contribution in [0, 0.1) is 0 Å². The van der Waals surface area contributed by atoms with Crippen LogP contribution in [0.15, 0.2) is 200 Å². The van der Waals surface area contributed by atoms with E-state index in [9.17, 15) is 0 Å². The van der Waals surface area contributed by atoms with Gasteiger partial charge in [-0.25, -0.2) is 0 Å². The third-order valence-corrected chi connectivity index (χ3v) is 11.7. The highest BCUT2D eigenvalue weighted by Gasteiger charge is 2.16. The highest BCUT2D eigenvalue weighted by atomic mass is 15.0. The van der Waals surface area contributed by atoms with Crippen LogP contribution < -0.4 is 0 Å². The quantitative estimate of drug-likeness (QED) is 0.145. The van der Waals surface area contributed by atoms with Gasteiger partial charge in [0, 0.05) is 38.0 Å². The summed E-state index contributed by atoms with van der Waals surface area (Å²) in [6.45, 7) is 20.0. The number of allylic oxidation sites excluding steroid dienone is 1. The fraction of sp³-hybridized carbons (Fsp3) is 0.188. The van der Waals surface area contributed by atoms with Crippen molar-refractivity contribution < 1.29 is 0 Å². The fourth-order valence-electron chi connectivity index (χ4n) is 9.29. The van der Waals surface area contributed by atoms with Gasteiger partial charge in [0.05, 0.1) is 27.6 Å². The first-order chi connectivity index (χ1) is 32.8. The number of aromatic nitrogens is 2. The monoisotopic (exact) mass is 865 g/mol. The molecule has 2 heteroatoms. The van der Waals surface area contributed by atoms with Crippen molar-refractivity contribution >= 4 is 87.5 Å². The summed E-state index contributed by atoms with van der Waals surface area (Å²) in [5, 5.41) is 13.6. The van der Waals surface area contributed by atoms with E-state index in [0.29, 0.717) is 0 Å². The Morgan fingerprint density at radius 3 is 1.14 bits per heavy atom. The van der Waals surface area contributed by atoms with Gasteiger partial charge in [-0.15, -0.1) is 0 Å². The number of benzene rings is 9. The molecular formula is C64H68N2. The molecular weight excluding hydrogens is 797 g/mol. The molecule has 0 radical (unpaired) electrons. The number of para-hydroxylation sites is 6. The van der Waals surface area contributed by atoms with Gasteiger partial charge in [-0.2, -0.15) is 0 Å². The van der Waals surface area contributed by atoms with E-state index in [1.807, 2.05) is 69.2 Å². The first-order valence-electron chi connectivity index (χ1n) is 24.6. The second-order valence-corrected chi connectivity index (χ2v) is 14.7. The highest BCUT2D eigenvalue weighted by Crippen LogP contribution is 2.39. The summed E-state index contributed by atoms with van der Waals surface area (Å²) in [6.07, 6.45) is 6.92. The van der Waals surface area contributed by atoms with Crippen LogP contribution >= 0.6 is 0 Å². The molecule has 9 aromatic carbocycles. The molecule has 0 unspecified atom stereocenters. The van der Waals surface area contributed by atoms with Gasteiger partial charge in [0.1, 0.15) is 0 Å². The molecule has 0 amide bonds. The number of rotatable bonds is 1. The van der Waals surface area contributed by atoms with Gasteiger partial charge in [0.15, 0.2) is 0 Å². The average Bonchev–Trinajstić information content (AvgIpc) is 4.08. The fourth-order valence-corrected chi connectivity index (χ4v) is 9.29. The van der Waals surface area contributed by atoms with E-state index in [1.54, 1.807) is 0 Å². The van der Waals surface area contributed by atoms with Crippen LogP contribution in [-0.4, -0.2) is 8.97 Å². The van der Waals surface area contributed by atoms with Crippen molar-refractivity contribution in [2.45, 2.75) is 82.1 Å². The zero-order valence-electron chi connectivity index (χ0n) is 40.9. The molecule has 13 rings (SSSR count). The lowest BCUT2D eigenvalue weighted by Gasteiger charge is -2.17. The average molecular weight is 865 g/mol. The Morgan fingerprint density at radius 2 is 0.652 bits per heavy atom. The Morgan fingerprint density at radius 1 is 0.303 bits per heavy atom. The standard InChI is InChI=1S/C18H11N.C18H13N.C18H14.5C2H6/c1-3-10-16-12(6-1)14-8-5-9-15-13-7-2-4-11-17(13)19(16)18(14)15;1-2-8-14(9-3-1)19-17-12-6-4-10-15(17)16-11-5-7-13-18(16)19;1-2-8-14-13(7-1)15-9-3-4-11-17(15)18-12-6-5-10-16(14)18;5*1-2/h1-11H;1-13H;1-5,7-11H,6,12H2;5*1-2H3. The van der Waals surface area contributed by atoms with Crippen LogP contribution in [0.25, 0.3) is 93.2 Å². The number of nitrogens with zero attached hydrogens (tertiary/aromatic N) is 2. The maximum Gasteiger partial charge on any atom is 0.0620 e. The lowest BCUT2D eigenvalue weighted by molar-refractivity contribution is 1.00. The van der Waals surface area contributed by atoms with E-state index in [4.69, 9.17) is 0 Å². The first-order valence-corrected chi connectivity index (χ1v) is 24.6. The third-order valence-electron chi connectivity index (χ3n) is 11.7. The van der Waals surface area contributed by atoms with Gasteiger partial charge >= 0.3 is 0 Å². The van der Waals surface area contributed by atoms with Crippen molar-refractivity contribution in [3.05, 3.63) is 211 Å². The van der Waals surface area contributed by atoms with Gasteiger partial charge in [0.25, 0.3) is 0 Å². The second kappa shape index (κ2) is 23.7. The van der Waals surface area contributed by atoms with Crippen molar-refractivity contribution in [2.24, 2.45) is 0 Å². The Balaban J connectivity index is 0.000000149. The normalized spacial score (nSPS) is 11.0. The van der Waals surface area contributed by atoms with E-state index in [0.717, 1.165) is 12.8 Å². The summed E-state index contributed by atoms with van der Waals surface area (Å²) in [7, 11) is 0. The summed E-state index contributed by atoms with van der Waals surface area (Å²) >= 11 is 0. The summed E-state index contributed by atoms with van der Waals surface area (Å²) in [5.74, 6) is 0. The van der Waals surface area contributed by atoms with Crippen LogP contribution in [-0.2, 0) is 6.42 Å². The molecule has 0 fully saturated rings. The number of hydrogen-bond acceptors (Lipinski definition) is 0. The molecule has 3 heterocycles. The van der Waals surface area contributed by atoms with Crippen LogP contribution in [0.1, 0.15) is 86.8 Å². The van der Waals surface area contributed by atoms with Crippen LogP contribution in [0.5, 0.6) is 0 Å². The number of fused-ring (bicyclic) bond motifs is 15. The van der Waals surface area contributed by atoms with E-state index >= 15 is 0 Å². The Bertz CT molecular complexity index is 3280. The Labute approximate surface area is 393 Å². The molecule has 0 atom stereocenters. The van der Waals surface area contributed by atoms with Crippen LogP contribution in [0.2, 0.25) is 0 Å². The molecule has 3 aromatic heterocycles. The predicted octanol–water partition coefficient (Wildman–Crippen LogP) is 19.7. The first kappa shape index (κ1) is 48.3. The third kappa shape index (κ3) is 9.06. The van der Waals surface area contributed by atoms with Crippen molar-refractivity contribution in [3.8, 4) is 5.69 Å². The summed E-state index contributed by atoms with van der Waals surface area (Å²) in [4.78, 5) is 0. The van der Waals surface area contributed by atoms with Gasteiger partial charge < -0.3 is 8.97 Å². The maximum absolute atomic E-state index is 2.40. The topological polar surface area (TPSA) is 9.34 Å². The molecule has 334 valence electrons. The lowest BCUT2D eigenvalue weighted by Crippen LogP contribution is -1.97. The molecule has 1 aliphatic rings. The van der Waals surface area contributed by atoms with E-state index in [2.05, 4.69) is 215 Å². The molecule has 0 saturated heterocycles. The zero-order valence-corrected chi connectivity index (χ0v) is 40.9. The number of hydrogen-bond donors (Lipinski definition) is 0. The predicted molar refractivity (Wildman–Crippen MR) is 297 cm³/mol. The van der Waals surface area contributed by atoms with Gasteiger partial charge in [-0.1, -0.05) is 239 Å². The second-order valence-electron chi connectivity index (χ2n) is 14.7. The van der Waals surface area contributed by atoms with E-state index in [1.165, 1.54) is 98.3 Å². The van der Waals surface area contributed by atoms with Crippen molar-refractivity contribution in [3.63, 3.8) is 0 Å². The Kier molecular flexibility index (Phi) is 17.3. The van der Waals surface area contributed by atoms with Gasteiger partial charge in [-0.05, 0) is 81.9 Å². The minimum absolute atomic E-state index is 1.16. The highest BCUT2D eigenvalue weighted by molar-refractivity contribution is 6.23. The van der Waals surface area contributed by atoms with Crippen LogP contribution in [0.4, 0.5) is 0 Å². The van der Waals surface area contributed by atoms with Crippen LogP contribution in [0.3, 0.4) is 0 Å². The molecule has 0 saturated carbocycles. The summed E-state index contributed by atoms with van der Waals surface area (Å²) in [5.41, 5.74) is 10.6. The molecule has 2 nitrogen and oxygen atoms in total. The van der Waals surface area contributed by atoms with Crippen molar-refractivity contribution in [1.29, 1.82) is 0 Å². The molecule has 0 aliphatic heterocycles. The SMILES string of the molecule is C1=Cc2c(c3ccccc3c3ccccc23)CC1.CC.CC.CC.CC.CC.c1ccc(-n2c3ccccc3c3ccccc32)cc1.c1ccc2c(c1)c1cccc3c4ccccc4n2c13. The molecule has 1 aliphatic carbocycles. The van der Waals surface area contributed by atoms with Gasteiger partial charge in [0.2, 0.25) is 0 Å². The van der Waals surface area contributed by atoms with Crippen molar-refractivity contribution in [1.82, 2.24) is 8.97 Å². The molecule has 66 heavy (non-hydrogen) atoms. The molecule has 0 N–H and O–H groups in total. The molecule has 12 aromatic rings. The zero-order chi connectivity index (χ0) is 47.0. The minimum Gasteiger partial charge on any atom is -0.309 e. The van der Waals surface area contributed by atoms with E-state index < -0.39 is 0 Å². The molecule has 0 spiro atoms. The van der Waals surface area contributed by atoms with E-state index in [-0.39, 0.29) is 0 Å². The summed E-state index contributed by atoms with van der Waals surface area (Å²) < 4.78 is 4.72. The lowest BCUT2D eigenvalue weighted by atomic mass is 9.87.